The molecule has 0 bridgehead atoms. The van der Waals surface area contributed by atoms with E-state index in [-0.39, 0.29) is 11.2 Å². The average Bonchev–Trinajstić information content (AvgIpc) is 2.93. The summed E-state index contributed by atoms with van der Waals surface area (Å²) in [5, 5.41) is 18.3. The number of nitrogens with zero attached hydrogens (tertiary/aromatic N) is 4. The largest absolute Gasteiger partial charge is 0.352 e. The Labute approximate surface area is 129 Å². The summed E-state index contributed by atoms with van der Waals surface area (Å²) in [6.07, 6.45) is 5.92. The number of tetrazole rings is 1. The number of carbonyl (C=O) groups is 1. The van der Waals surface area contributed by atoms with Crippen molar-refractivity contribution >= 4 is 17.7 Å². The monoisotopic (exact) mass is 312 g/mol. The second-order valence-corrected chi connectivity index (χ2v) is 6.70. The van der Waals surface area contributed by atoms with E-state index < -0.39 is 0 Å². The van der Waals surface area contributed by atoms with Crippen LogP contribution in [-0.4, -0.2) is 51.0 Å². The third-order valence-electron chi connectivity index (χ3n) is 3.68. The smallest absolute Gasteiger partial charge is 0.233 e. The molecule has 1 unspecified atom stereocenters. The summed E-state index contributed by atoms with van der Waals surface area (Å²) in [6, 6.07) is 0.342. The number of nitrogens with one attached hydrogen (secondary N) is 2. The van der Waals surface area contributed by atoms with Gasteiger partial charge in [-0.3, -0.25) is 4.79 Å². The molecule has 2 rings (SSSR count). The van der Waals surface area contributed by atoms with Crippen molar-refractivity contribution in [2.75, 3.05) is 13.6 Å². The van der Waals surface area contributed by atoms with Gasteiger partial charge < -0.3 is 10.6 Å². The van der Waals surface area contributed by atoms with E-state index in [2.05, 4.69) is 26.2 Å². The van der Waals surface area contributed by atoms with Crippen LogP contribution in [-0.2, 0) is 11.3 Å². The van der Waals surface area contributed by atoms with Gasteiger partial charge in [0.1, 0.15) is 0 Å². The van der Waals surface area contributed by atoms with Crippen LogP contribution in [0.1, 0.15) is 39.0 Å². The van der Waals surface area contributed by atoms with Gasteiger partial charge >= 0.3 is 0 Å². The zero-order chi connectivity index (χ0) is 15.1. The van der Waals surface area contributed by atoms with E-state index >= 15 is 0 Å². The van der Waals surface area contributed by atoms with Crippen LogP contribution in [0.5, 0.6) is 0 Å². The van der Waals surface area contributed by atoms with Crippen LogP contribution in [0.4, 0.5) is 0 Å². The SMILES string of the molecule is CNCCn1nnnc1SC(C)C(=O)NC1CCCCC1. The molecule has 1 aliphatic carbocycles. The van der Waals surface area contributed by atoms with Gasteiger partial charge in [-0.1, -0.05) is 31.0 Å². The van der Waals surface area contributed by atoms with Gasteiger partial charge in [0.2, 0.25) is 11.1 Å². The predicted molar refractivity (Wildman–Crippen MR) is 82.1 cm³/mol. The molecule has 1 saturated carbocycles. The summed E-state index contributed by atoms with van der Waals surface area (Å²) in [7, 11) is 1.89. The number of hydrogen-bond donors (Lipinski definition) is 2. The summed E-state index contributed by atoms with van der Waals surface area (Å²) in [6.45, 7) is 3.39. The van der Waals surface area contributed by atoms with Crippen molar-refractivity contribution in [3.8, 4) is 0 Å². The maximum Gasteiger partial charge on any atom is 0.233 e. The maximum absolute atomic E-state index is 12.2. The standard InChI is InChI=1S/C13H24N6OS/c1-10(12(20)15-11-6-4-3-5-7-11)21-13-16-17-18-19(13)9-8-14-2/h10-11,14H,3-9H2,1-2H3,(H,15,20). The third-order valence-corrected chi connectivity index (χ3v) is 4.75. The fourth-order valence-corrected chi connectivity index (χ4v) is 3.24. The molecule has 1 atom stereocenters. The normalized spacial score (nSPS) is 17.6. The van der Waals surface area contributed by atoms with Crippen LogP contribution in [0.3, 0.4) is 0 Å². The molecule has 2 N–H and O–H groups in total. The van der Waals surface area contributed by atoms with Crippen LogP contribution >= 0.6 is 11.8 Å². The molecule has 0 aromatic carbocycles. The number of carbonyl (C=O) groups excluding carboxylic acids is 1. The van der Waals surface area contributed by atoms with Crippen molar-refractivity contribution in [2.24, 2.45) is 0 Å². The number of likely N-dealkylation sites (N-methyl/N-ethyl adjacent to an activating group) is 1. The lowest BCUT2D eigenvalue weighted by molar-refractivity contribution is -0.121. The zero-order valence-electron chi connectivity index (χ0n) is 12.7. The minimum absolute atomic E-state index is 0.0788. The summed E-state index contributed by atoms with van der Waals surface area (Å²) >= 11 is 1.41. The van der Waals surface area contributed by atoms with E-state index in [4.69, 9.17) is 0 Å². The quantitative estimate of drug-likeness (QED) is 0.725. The maximum atomic E-state index is 12.2. The highest BCUT2D eigenvalue weighted by Crippen LogP contribution is 2.22. The molecule has 1 aromatic rings. The highest BCUT2D eigenvalue weighted by Gasteiger charge is 2.22. The molecular formula is C13H24N6OS. The number of aromatic nitrogens is 4. The van der Waals surface area contributed by atoms with Gasteiger partial charge in [-0.05, 0) is 37.2 Å². The molecule has 7 nitrogen and oxygen atoms in total. The highest BCUT2D eigenvalue weighted by molar-refractivity contribution is 8.00. The van der Waals surface area contributed by atoms with Crippen LogP contribution in [0.15, 0.2) is 5.16 Å². The van der Waals surface area contributed by atoms with Gasteiger partial charge in [0.15, 0.2) is 0 Å². The summed E-state index contributed by atoms with van der Waals surface area (Å²) in [5.41, 5.74) is 0. The highest BCUT2D eigenvalue weighted by atomic mass is 32.2. The molecule has 0 radical (unpaired) electrons. The molecule has 0 saturated heterocycles. The van der Waals surface area contributed by atoms with Gasteiger partial charge in [0.25, 0.3) is 0 Å². The van der Waals surface area contributed by atoms with E-state index in [0.29, 0.717) is 17.7 Å². The Bertz CT molecular complexity index is 446. The van der Waals surface area contributed by atoms with E-state index in [0.717, 1.165) is 19.4 Å². The number of amides is 1. The van der Waals surface area contributed by atoms with Crippen molar-refractivity contribution < 1.29 is 4.79 Å². The van der Waals surface area contributed by atoms with Crippen molar-refractivity contribution in [3.05, 3.63) is 0 Å². The van der Waals surface area contributed by atoms with E-state index in [1.54, 1.807) is 4.68 Å². The molecule has 1 aromatic heterocycles. The third kappa shape index (κ3) is 4.96. The Balaban J connectivity index is 1.83. The van der Waals surface area contributed by atoms with Gasteiger partial charge in [0.05, 0.1) is 11.8 Å². The molecule has 1 fully saturated rings. The Morgan fingerprint density at radius 2 is 2.19 bits per heavy atom. The van der Waals surface area contributed by atoms with Crippen LogP contribution in [0.25, 0.3) is 0 Å². The van der Waals surface area contributed by atoms with Crippen molar-refractivity contribution in [3.63, 3.8) is 0 Å². The van der Waals surface area contributed by atoms with Crippen molar-refractivity contribution in [1.82, 2.24) is 30.8 Å². The van der Waals surface area contributed by atoms with E-state index in [1.165, 1.54) is 31.0 Å². The lowest BCUT2D eigenvalue weighted by atomic mass is 9.95. The molecule has 1 heterocycles. The minimum atomic E-state index is -0.189. The molecule has 118 valence electrons. The minimum Gasteiger partial charge on any atom is -0.352 e. The summed E-state index contributed by atoms with van der Waals surface area (Å²) in [4.78, 5) is 12.2. The van der Waals surface area contributed by atoms with E-state index in [1.807, 2.05) is 14.0 Å². The Hall–Kier alpha value is -1.15. The fourth-order valence-electron chi connectivity index (χ4n) is 2.42. The first-order valence-corrected chi connectivity index (χ1v) is 8.46. The zero-order valence-corrected chi connectivity index (χ0v) is 13.5. The van der Waals surface area contributed by atoms with Gasteiger partial charge in [-0.25, -0.2) is 4.68 Å². The van der Waals surface area contributed by atoms with Crippen LogP contribution in [0, 0.1) is 0 Å². The first kappa shape index (κ1) is 16.2. The fraction of sp³-hybridized carbons (Fsp3) is 0.846. The average molecular weight is 312 g/mol. The van der Waals surface area contributed by atoms with Crippen molar-refractivity contribution in [1.29, 1.82) is 0 Å². The Kier molecular flexibility index (Phi) is 6.44. The summed E-state index contributed by atoms with van der Waals surface area (Å²) in [5.74, 6) is 0.0788. The Morgan fingerprint density at radius 1 is 1.43 bits per heavy atom. The van der Waals surface area contributed by atoms with E-state index in [9.17, 15) is 4.79 Å². The molecule has 21 heavy (non-hydrogen) atoms. The number of rotatable bonds is 7. The first-order chi connectivity index (χ1) is 10.2. The van der Waals surface area contributed by atoms with Crippen LogP contribution < -0.4 is 10.6 Å². The molecule has 0 spiro atoms. The van der Waals surface area contributed by atoms with Gasteiger partial charge in [0, 0.05) is 12.6 Å². The first-order valence-electron chi connectivity index (χ1n) is 7.58. The van der Waals surface area contributed by atoms with Crippen LogP contribution in [0.2, 0.25) is 0 Å². The molecule has 1 aliphatic rings. The number of thioether (sulfide) groups is 1. The lowest BCUT2D eigenvalue weighted by Gasteiger charge is -2.24. The second kappa shape index (κ2) is 8.33. The molecular weight excluding hydrogens is 288 g/mol. The lowest BCUT2D eigenvalue weighted by Crippen LogP contribution is -2.40. The molecule has 0 aliphatic heterocycles. The molecule has 1 amide bonds. The number of hydrogen-bond acceptors (Lipinski definition) is 6. The van der Waals surface area contributed by atoms with Gasteiger partial charge in [-0.2, -0.15) is 0 Å². The molecule has 8 heteroatoms. The topological polar surface area (TPSA) is 84.7 Å². The summed E-state index contributed by atoms with van der Waals surface area (Å²) < 4.78 is 1.73. The Morgan fingerprint density at radius 3 is 2.90 bits per heavy atom. The predicted octanol–water partition coefficient (Wildman–Crippen LogP) is 0.822. The van der Waals surface area contributed by atoms with Gasteiger partial charge in [-0.15, -0.1) is 5.10 Å². The second-order valence-electron chi connectivity index (χ2n) is 5.39. The van der Waals surface area contributed by atoms with Crippen molar-refractivity contribution in [2.45, 2.75) is 62.0 Å².